The van der Waals surface area contributed by atoms with Crippen LogP contribution in [0.2, 0.25) is 0 Å². The molecule has 1 saturated heterocycles. The van der Waals surface area contributed by atoms with Crippen molar-refractivity contribution in [3.05, 3.63) is 53.6 Å². The molecule has 232 valence electrons. The number of sulfonamides is 1. The van der Waals surface area contributed by atoms with E-state index in [1.165, 1.54) is 32.1 Å². The average Bonchev–Trinajstić information content (AvgIpc) is 2.93. The van der Waals surface area contributed by atoms with Gasteiger partial charge in [-0.15, -0.1) is 0 Å². The van der Waals surface area contributed by atoms with Crippen molar-refractivity contribution in [2.24, 2.45) is 5.92 Å². The highest BCUT2D eigenvalue weighted by Crippen LogP contribution is 2.29. The Bertz CT molecular complexity index is 1320. The molecule has 2 aromatic rings. The molecule has 3 N–H and O–H groups in total. The van der Waals surface area contributed by atoms with Gasteiger partial charge in [0, 0.05) is 37.9 Å². The van der Waals surface area contributed by atoms with E-state index in [9.17, 15) is 31.5 Å². The lowest BCUT2D eigenvalue weighted by atomic mass is 9.94. The highest BCUT2D eigenvalue weighted by molar-refractivity contribution is 7.92. The number of aliphatic carboxylic acids is 1. The highest BCUT2D eigenvalue weighted by atomic mass is 32.2. The highest BCUT2D eigenvalue weighted by Gasteiger charge is 2.38. The average molecular weight is 614 g/mol. The second-order valence-electron chi connectivity index (χ2n) is 11.0. The number of carboxylic acids is 2. The van der Waals surface area contributed by atoms with Crippen molar-refractivity contribution >= 4 is 33.3 Å². The van der Waals surface area contributed by atoms with Crippen LogP contribution in [0.3, 0.4) is 0 Å². The van der Waals surface area contributed by atoms with Crippen molar-refractivity contribution in [2.75, 3.05) is 35.8 Å². The van der Waals surface area contributed by atoms with Crippen LogP contribution in [0.1, 0.15) is 61.9 Å². The summed E-state index contributed by atoms with van der Waals surface area (Å²) in [6.07, 6.45) is 2.30. The van der Waals surface area contributed by atoms with Crippen molar-refractivity contribution in [1.29, 1.82) is 0 Å². The number of halogens is 3. The molecule has 0 radical (unpaired) electrons. The second-order valence-corrected chi connectivity index (χ2v) is 12.7. The zero-order valence-corrected chi connectivity index (χ0v) is 24.5. The number of carbonyl (C=O) groups is 2. The molecule has 1 aliphatic carbocycles. The van der Waals surface area contributed by atoms with Gasteiger partial charge in [0.2, 0.25) is 0 Å². The standard InChI is InChI=1S/C27H37N3O4S.C2HF3O2/c1-20(2)18-21-8-11-24(12-9-21)35(33,34)28-26-13-10-23(19-25(26)27(31)32)30-16-14-29(15-17-30)22-6-4-3-5-7-22;3-2(4,5)1(6)7/h8-13,19-20,22,28H,3-7,14-18H2,1-2H3,(H,31,32);(H,6,7). The molecule has 2 aromatic carbocycles. The minimum Gasteiger partial charge on any atom is -0.478 e. The molecular weight excluding hydrogens is 575 g/mol. The van der Waals surface area contributed by atoms with E-state index >= 15 is 0 Å². The van der Waals surface area contributed by atoms with Crippen LogP contribution in [0.5, 0.6) is 0 Å². The molecule has 0 unspecified atom stereocenters. The third kappa shape index (κ3) is 9.35. The molecule has 2 fully saturated rings. The van der Waals surface area contributed by atoms with E-state index in [4.69, 9.17) is 9.90 Å². The maximum atomic E-state index is 13.0. The number of piperazine rings is 1. The first-order valence-electron chi connectivity index (χ1n) is 14.0. The Hall–Kier alpha value is -3.32. The van der Waals surface area contributed by atoms with Gasteiger partial charge in [-0.25, -0.2) is 18.0 Å². The third-order valence-electron chi connectivity index (χ3n) is 7.37. The molecule has 42 heavy (non-hydrogen) atoms. The van der Waals surface area contributed by atoms with Crippen LogP contribution in [0.4, 0.5) is 24.5 Å². The molecule has 9 nitrogen and oxygen atoms in total. The summed E-state index contributed by atoms with van der Waals surface area (Å²) in [5.41, 5.74) is 1.91. The number of rotatable bonds is 8. The summed E-state index contributed by atoms with van der Waals surface area (Å²) in [5.74, 6) is -3.44. The van der Waals surface area contributed by atoms with Gasteiger partial charge in [-0.3, -0.25) is 9.62 Å². The van der Waals surface area contributed by atoms with Crippen LogP contribution >= 0.6 is 0 Å². The van der Waals surface area contributed by atoms with Crippen LogP contribution in [-0.4, -0.2) is 73.9 Å². The molecule has 0 aromatic heterocycles. The number of aromatic carboxylic acids is 1. The number of anilines is 2. The van der Waals surface area contributed by atoms with Gasteiger partial charge in [-0.2, -0.15) is 13.2 Å². The summed E-state index contributed by atoms with van der Waals surface area (Å²) in [7, 11) is -3.91. The largest absolute Gasteiger partial charge is 0.490 e. The van der Waals surface area contributed by atoms with Crippen molar-refractivity contribution in [3.63, 3.8) is 0 Å². The number of nitrogens with zero attached hydrogens (tertiary/aromatic N) is 2. The molecule has 0 amide bonds. The molecule has 13 heteroatoms. The summed E-state index contributed by atoms with van der Waals surface area (Å²) in [4.78, 5) is 25.8. The van der Waals surface area contributed by atoms with Crippen LogP contribution in [-0.2, 0) is 21.2 Å². The van der Waals surface area contributed by atoms with Gasteiger partial charge in [0.15, 0.2) is 0 Å². The van der Waals surface area contributed by atoms with Crippen LogP contribution < -0.4 is 9.62 Å². The summed E-state index contributed by atoms with van der Waals surface area (Å²) in [5, 5.41) is 17.0. The quantitative estimate of drug-likeness (QED) is 0.358. The minimum absolute atomic E-state index is 0.0442. The number of carboxylic acid groups (broad SMARTS) is 2. The lowest BCUT2D eigenvalue weighted by Gasteiger charge is -2.41. The number of alkyl halides is 3. The Morgan fingerprint density at radius 2 is 1.52 bits per heavy atom. The second kappa shape index (κ2) is 14.2. The van der Waals surface area contributed by atoms with Crippen molar-refractivity contribution in [1.82, 2.24) is 4.90 Å². The van der Waals surface area contributed by atoms with E-state index in [-0.39, 0.29) is 16.1 Å². The number of hydrogen-bond acceptors (Lipinski definition) is 6. The van der Waals surface area contributed by atoms with E-state index in [0.717, 1.165) is 43.9 Å². The Balaban J connectivity index is 0.000000616. The summed E-state index contributed by atoms with van der Waals surface area (Å²) in [6.45, 7) is 7.83. The van der Waals surface area contributed by atoms with Crippen molar-refractivity contribution < 1.29 is 41.4 Å². The molecule has 1 heterocycles. The Morgan fingerprint density at radius 1 is 0.952 bits per heavy atom. The van der Waals surface area contributed by atoms with Gasteiger partial charge in [0.05, 0.1) is 16.1 Å². The summed E-state index contributed by atoms with van der Waals surface area (Å²) in [6, 6.07) is 12.4. The SMILES string of the molecule is CC(C)Cc1ccc(S(=O)(=O)Nc2ccc(N3CCN(C4CCCCC4)CC3)cc2C(=O)O)cc1.O=C(O)C(F)(F)F. The van der Waals surface area contributed by atoms with E-state index in [0.29, 0.717) is 12.0 Å². The zero-order valence-electron chi connectivity index (χ0n) is 23.7. The Kier molecular flexibility index (Phi) is 11.2. The van der Waals surface area contributed by atoms with Crippen LogP contribution in [0, 0.1) is 5.92 Å². The minimum atomic E-state index is -5.08. The number of hydrogen-bond donors (Lipinski definition) is 3. The normalized spacial score (nSPS) is 17.0. The third-order valence-corrected chi connectivity index (χ3v) is 8.75. The predicted octanol–water partition coefficient (Wildman–Crippen LogP) is 5.47. The topological polar surface area (TPSA) is 127 Å². The first-order valence-corrected chi connectivity index (χ1v) is 15.4. The monoisotopic (exact) mass is 613 g/mol. The molecule has 1 saturated carbocycles. The lowest BCUT2D eigenvalue weighted by molar-refractivity contribution is -0.192. The fourth-order valence-electron chi connectivity index (χ4n) is 5.27. The molecule has 0 spiro atoms. The molecular formula is C29H38F3N3O6S. The molecule has 0 atom stereocenters. The van der Waals surface area contributed by atoms with Gasteiger partial charge >= 0.3 is 18.1 Å². The zero-order chi connectivity index (χ0) is 31.1. The van der Waals surface area contributed by atoms with Gasteiger partial charge in [0.1, 0.15) is 0 Å². The van der Waals surface area contributed by atoms with E-state index < -0.39 is 28.1 Å². The lowest BCUT2D eigenvalue weighted by Crippen LogP contribution is -2.50. The first kappa shape index (κ1) is 33.2. The maximum Gasteiger partial charge on any atom is 0.490 e. The maximum absolute atomic E-state index is 13.0. The Labute approximate surface area is 244 Å². The van der Waals surface area contributed by atoms with Gasteiger partial charge in [-0.05, 0) is 61.1 Å². The van der Waals surface area contributed by atoms with E-state index in [1.807, 2.05) is 18.2 Å². The van der Waals surface area contributed by atoms with Gasteiger partial charge < -0.3 is 15.1 Å². The van der Waals surface area contributed by atoms with Gasteiger partial charge in [0.25, 0.3) is 10.0 Å². The number of nitrogens with one attached hydrogen (secondary N) is 1. The van der Waals surface area contributed by atoms with Crippen molar-refractivity contribution in [2.45, 2.75) is 69.5 Å². The fourth-order valence-corrected chi connectivity index (χ4v) is 6.35. The van der Waals surface area contributed by atoms with Crippen LogP contribution in [0.25, 0.3) is 0 Å². The molecule has 4 rings (SSSR count). The first-order chi connectivity index (χ1) is 19.7. The molecule has 2 aliphatic rings. The molecule has 1 aliphatic heterocycles. The number of benzene rings is 2. The summed E-state index contributed by atoms with van der Waals surface area (Å²) < 4.78 is 60.2. The smallest absolute Gasteiger partial charge is 0.478 e. The van der Waals surface area contributed by atoms with E-state index in [2.05, 4.69) is 28.4 Å². The van der Waals surface area contributed by atoms with E-state index in [1.54, 1.807) is 24.3 Å². The summed E-state index contributed by atoms with van der Waals surface area (Å²) >= 11 is 0. The van der Waals surface area contributed by atoms with Crippen molar-refractivity contribution in [3.8, 4) is 0 Å². The fraction of sp³-hybridized carbons (Fsp3) is 0.517. The Morgan fingerprint density at radius 3 is 2.02 bits per heavy atom. The predicted molar refractivity (Wildman–Crippen MR) is 154 cm³/mol. The molecule has 0 bridgehead atoms. The van der Waals surface area contributed by atoms with Crippen LogP contribution in [0.15, 0.2) is 47.4 Å². The van der Waals surface area contributed by atoms with Gasteiger partial charge in [-0.1, -0.05) is 45.2 Å².